The maximum atomic E-state index is 12.9. The predicted molar refractivity (Wildman–Crippen MR) is 98.0 cm³/mol. The molecule has 0 radical (unpaired) electrons. The van der Waals surface area contributed by atoms with Crippen molar-refractivity contribution in [1.29, 1.82) is 0 Å². The largest absolute Gasteiger partial charge is 0.383 e. The van der Waals surface area contributed by atoms with Gasteiger partial charge in [0.25, 0.3) is 5.91 Å². The van der Waals surface area contributed by atoms with Crippen molar-refractivity contribution < 1.29 is 15.0 Å². The Kier molecular flexibility index (Phi) is 4.95. The van der Waals surface area contributed by atoms with Crippen LogP contribution in [0.25, 0.3) is 0 Å². The molecule has 2 aliphatic rings. The molecule has 0 bridgehead atoms. The second-order valence-electron chi connectivity index (χ2n) is 8.53. The number of aryl methyl sites for hydroxylation is 1. The van der Waals surface area contributed by atoms with E-state index in [1.165, 1.54) is 0 Å². The van der Waals surface area contributed by atoms with Crippen molar-refractivity contribution in [2.75, 3.05) is 6.54 Å². The molecule has 0 heterocycles. The highest BCUT2D eigenvalue weighted by molar-refractivity contribution is 5.85. The van der Waals surface area contributed by atoms with Crippen LogP contribution in [0.3, 0.4) is 0 Å². The molecule has 1 fully saturated rings. The van der Waals surface area contributed by atoms with Gasteiger partial charge in [0.1, 0.15) is 11.2 Å². The number of aliphatic hydroxyl groups is 2. The summed E-state index contributed by atoms with van der Waals surface area (Å²) >= 11 is 0. The van der Waals surface area contributed by atoms with E-state index in [1.807, 2.05) is 24.3 Å². The summed E-state index contributed by atoms with van der Waals surface area (Å²) in [4.78, 5) is 12.9. The third kappa shape index (κ3) is 3.34. The number of rotatable bonds is 4. The Hall–Kier alpha value is -1.39. The molecule has 0 spiro atoms. The molecule has 0 aliphatic heterocycles. The van der Waals surface area contributed by atoms with Crippen LogP contribution in [-0.2, 0) is 16.8 Å². The summed E-state index contributed by atoms with van der Waals surface area (Å²) in [6.07, 6.45) is 3.84. The van der Waals surface area contributed by atoms with Crippen LogP contribution < -0.4 is 5.32 Å². The van der Waals surface area contributed by atoms with Gasteiger partial charge >= 0.3 is 0 Å². The number of carbonyl (C=O) groups excluding carboxylic acids is 1. The van der Waals surface area contributed by atoms with Gasteiger partial charge in [-0.15, -0.1) is 0 Å². The van der Waals surface area contributed by atoms with Gasteiger partial charge in [0.2, 0.25) is 0 Å². The number of hydrogen-bond acceptors (Lipinski definition) is 3. The van der Waals surface area contributed by atoms with Crippen LogP contribution in [0.15, 0.2) is 24.3 Å². The van der Waals surface area contributed by atoms with Crippen molar-refractivity contribution in [3.63, 3.8) is 0 Å². The topological polar surface area (TPSA) is 69.6 Å². The summed E-state index contributed by atoms with van der Waals surface area (Å²) in [5, 5.41) is 25.1. The normalized spacial score (nSPS) is 34.8. The third-order valence-electron chi connectivity index (χ3n) is 6.31. The monoisotopic (exact) mass is 345 g/mol. The first-order chi connectivity index (χ1) is 11.8. The second kappa shape index (κ2) is 6.73. The summed E-state index contributed by atoms with van der Waals surface area (Å²) in [5.41, 5.74) is -0.319. The highest BCUT2D eigenvalue weighted by Gasteiger charge is 2.49. The van der Waals surface area contributed by atoms with E-state index in [0.29, 0.717) is 18.8 Å². The molecule has 138 valence electrons. The molecular weight excluding hydrogens is 314 g/mol. The Morgan fingerprint density at radius 1 is 1.28 bits per heavy atom. The number of nitrogens with one attached hydrogen (secondary N) is 1. The number of benzene rings is 1. The van der Waals surface area contributed by atoms with Crippen LogP contribution in [0.1, 0.15) is 57.6 Å². The maximum Gasteiger partial charge on any atom is 0.252 e. The van der Waals surface area contributed by atoms with Crippen LogP contribution in [0, 0.1) is 17.8 Å². The van der Waals surface area contributed by atoms with Gasteiger partial charge in [-0.3, -0.25) is 4.79 Å². The van der Waals surface area contributed by atoms with E-state index in [0.717, 1.165) is 30.4 Å². The second-order valence-corrected chi connectivity index (χ2v) is 8.53. The summed E-state index contributed by atoms with van der Waals surface area (Å²) in [6.45, 7) is 6.39. The Balaban J connectivity index is 1.73. The standard InChI is InChI=1S/C21H31NO3/c1-14(2)17-9-8-15(3)12-21(17,25)19(23)22-13-20(24)11-10-16-6-4-5-7-18(16)20/h4-7,14-15,17,24-25H,8-13H2,1-3H3,(H,22,23)/t15-,17+,20?,21+/m1/s1. The van der Waals surface area contributed by atoms with Crippen LogP contribution in [-0.4, -0.2) is 28.3 Å². The van der Waals surface area contributed by atoms with E-state index in [-0.39, 0.29) is 24.3 Å². The fourth-order valence-corrected chi connectivity index (χ4v) is 4.86. The smallest absolute Gasteiger partial charge is 0.252 e. The van der Waals surface area contributed by atoms with Crippen molar-refractivity contribution >= 4 is 5.91 Å². The number of fused-ring (bicyclic) bond motifs is 1. The van der Waals surface area contributed by atoms with Gasteiger partial charge in [-0.1, -0.05) is 51.5 Å². The molecule has 1 aromatic rings. The maximum absolute atomic E-state index is 12.9. The van der Waals surface area contributed by atoms with E-state index in [2.05, 4.69) is 26.1 Å². The zero-order valence-electron chi connectivity index (χ0n) is 15.6. The molecule has 1 unspecified atom stereocenters. The lowest BCUT2D eigenvalue weighted by atomic mass is 9.66. The first-order valence-corrected chi connectivity index (χ1v) is 9.58. The van der Waals surface area contributed by atoms with Crippen LogP contribution >= 0.6 is 0 Å². The molecule has 4 atom stereocenters. The fourth-order valence-electron chi connectivity index (χ4n) is 4.86. The van der Waals surface area contributed by atoms with E-state index >= 15 is 0 Å². The SMILES string of the molecule is CC(C)[C@@H]1CC[C@@H](C)C[C@@]1(O)C(=O)NCC1(O)CCc2ccccc21. The summed E-state index contributed by atoms with van der Waals surface area (Å²) in [6, 6.07) is 7.85. The molecule has 2 aliphatic carbocycles. The average Bonchev–Trinajstić information content (AvgIpc) is 2.90. The van der Waals surface area contributed by atoms with Crippen molar-refractivity contribution in [2.24, 2.45) is 17.8 Å². The lowest BCUT2D eigenvalue weighted by molar-refractivity contribution is -0.157. The molecule has 3 rings (SSSR count). The lowest BCUT2D eigenvalue weighted by Gasteiger charge is -2.43. The molecule has 1 amide bonds. The molecular formula is C21H31NO3. The minimum Gasteiger partial charge on any atom is -0.383 e. The fraction of sp³-hybridized carbons (Fsp3) is 0.667. The summed E-state index contributed by atoms with van der Waals surface area (Å²) < 4.78 is 0. The number of amides is 1. The highest BCUT2D eigenvalue weighted by atomic mass is 16.3. The number of hydrogen-bond donors (Lipinski definition) is 3. The zero-order valence-corrected chi connectivity index (χ0v) is 15.6. The van der Waals surface area contributed by atoms with Gasteiger partial charge < -0.3 is 15.5 Å². The molecule has 0 aromatic heterocycles. The van der Waals surface area contributed by atoms with Gasteiger partial charge in [-0.2, -0.15) is 0 Å². The third-order valence-corrected chi connectivity index (χ3v) is 6.31. The predicted octanol–water partition coefficient (Wildman–Crippen LogP) is 2.76. The van der Waals surface area contributed by atoms with Crippen molar-refractivity contribution in [3.8, 4) is 0 Å². The molecule has 3 N–H and O–H groups in total. The first kappa shape index (κ1) is 18.4. The molecule has 4 heteroatoms. The lowest BCUT2D eigenvalue weighted by Crippen LogP contribution is -2.57. The Labute approximate surface area is 150 Å². The van der Waals surface area contributed by atoms with E-state index in [4.69, 9.17) is 0 Å². The highest BCUT2D eigenvalue weighted by Crippen LogP contribution is 2.42. The van der Waals surface area contributed by atoms with Gasteiger partial charge in [-0.25, -0.2) is 0 Å². The number of carbonyl (C=O) groups is 1. The Morgan fingerprint density at radius 2 is 2.00 bits per heavy atom. The van der Waals surface area contributed by atoms with Gasteiger partial charge in [0.15, 0.2) is 0 Å². The van der Waals surface area contributed by atoms with Gasteiger partial charge in [0, 0.05) is 0 Å². The first-order valence-electron chi connectivity index (χ1n) is 9.58. The van der Waals surface area contributed by atoms with Gasteiger partial charge in [0.05, 0.1) is 6.54 Å². The minimum atomic E-state index is -1.33. The van der Waals surface area contributed by atoms with Crippen molar-refractivity contribution in [1.82, 2.24) is 5.32 Å². The zero-order chi connectivity index (χ0) is 18.2. The average molecular weight is 345 g/mol. The van der Waals surface area contributed by atoms with Gasteiger partial charge in [-0.05, 0) is 54.6 Å². The summed E-state index contributed by atoms with van der Waals surface area (Å²) in [7, 11) is 0. The quantitative estimate of drug-likeness (QED) is 0.786. The molecule has 1 aromatic carbocycles. The minimum absolute atomic E-state index is 0.0331. The van der Waals surface area contributed by atoms with Crippen LogP contribution in [0.5, 0.6) is 0 Å². The van der Waals surface area contributed by atoms with E-state index in [9.17, 15) is 15.0 Å². The summed E-state index contributed by atoms with van der Waals surface area (Å²) in [5.74, 6) is 0.226. The van der Waals surface area contributed by atoms with E-state index in [1.54, 1.807) is 0 Å². The molecule has 25 heavy (non-hydrogen) atoms. The molecule has 0 saturated heterocycles. The molecule has 4 nitrogen and oxygen atoms in total. The molecule has 1 saturated carbocycles. The van der Waals surface area contributed by atoms with Crippen molar-refractivity contribution in [3.05, 3.63) is 35.4 Å². The Morgan fingerprint density at radius 3 is 2.72 bits per heavy atom. The van der Waals surface area contributed by atoms with Crippen molar-refractivity contribution in [2.45, 2.75) is 64.1 Å². The van der Waals surface area contributed by atoms with Crippen LogP contribution in [0.4, 0.5) is 0 Å². The van der Waals surface area contributed by atoms with Crippen LogP contribution in [0.2, 0.25) is 0 Å². The Bertz CT molecular complexity index is 644. The van der Waals surface area contributed by atoms with E-state index < -0.39 is 11.2 Å².